The Hall–Kier alpha value is -1.06. The van der Waals surface area contributed by atoms with Gasteiger partial charge in [-0.1, -0.05) is 19.1 Å². The van der Waals surface area contributed by atoms with E-state index in [4.69, 9.17) is 9.47 Å². The first-order valence-electron chi connectivity index (χ1n) is 10.4. The minimum Gasteiger partial charge on any atom is -0.491 e. The number of likely N-dealkylation sites (tertiary alicyclic amines) is 1. The van der Waals surface area contributed by atoms with Gasteiger partial charge in [-0.25, -0.2) is 0 Å². The molecule has 1 atom stereocenters. The quantitative estimate of drug-likeness (QED) is 0.227. The van der Waals surface area contributed by atoms with Gasteiger partial charge in [-0.15, -0.1) is 24.0 Å². The maximum Gasteiger partial charge on any atom is 0.191 e. The molecule has 1 heterocycles. The van der Waals surface area contributed by atoms with Crippen LogP contribution in [0, 0.1) is 12.8 Å². The van der Waals surface area contributed by atoms with E-state index in [0.717, 1.165) is 29.7 Å². The third-order valence-electron chi connectivity index (χ3n) is 5.44. The van der Waals surface area contributed by atoms with Crippen LogP contribution in [0.15, 0.2) is 23.2 Å². The van der Waals surface area contributed by atoms with E-state index < -0.39 is 0 Å². The summed E-state index contributed by atoms with van der Waals surface area (Å²) in [6.07, 6.45) is 2.60. The fraction of sp³-hybridized carbons (Fsp3) is 0.682. The highest BCUT2D eigenvalue weighted by Crippen LogP contribution is 2.20. The smallest absolute Gasteiger partial charge is 0.191 e. The highest BCUT2D eigenvalue weighted by Gasteiger charge is 2.20. The van der Waals surface area contributed by atoms with Crippen molar-refractivity contribution in [1.82, 2.24) is 15.5 Å². The molecule has 0 aromatic heterocycles. The zero-order valence-electron chi connectivity index (χ0n) is 18.7. The molecule has 0 radical (unpaired) electrons. The zero-order valence-corrected chi connectivity index (χ0v) is 21.0. The second-order valence-corrected chi connectivity index (χ2v) is 7.83. The summed E-state index contributed by atoms with van der Waals surface area (Å²) in [5.41, 5.74) is 2.30. The van der Waals surface area contributed by atoms with Crippen LogP contribution in [0.25, 0.3) is 0 Å². The van der Waals surface area contributed by atoms with Crippen molar-refractivity contribution in [2.75, 3.05) is 47.0 Å². The van der Waals surface area contributed by atoms with Crippen LogP contribution in [-0.4, -0.2) is 63.9 Å². The lowest BCUT2D eigenvalue weighted by Gasteiger charge is -2.35. The van der Waals surface area contributed by atoms with Gasteiger partial charge in [-0.2, -0.15) is 0 Å². The zero-order chi connectivity index (χ0) is 20.4. The lowest BCUT2D eigenvalue weighted by atomic mass is 9.98. The molecule has 0 saturated carbocycles. The van der Waals surface area contributed by atoms with Crippen LogP contribution in [0.1, 0.15) is 37.8 Å². The topological polar surface area (TPSA) is 58.1 Å². The van der Waals surface area contributed by atoms with Crippen molar-refractivity contribution >= 4 is 29.9 Å². The van der Waals surface area contributed by atoms with Crippen molar-refractivity contribution in [3.8, 4) is 5.75 Å². The third kappa shape index (κ3) is 9.09. The Labute approximate surface area is 193 Å². The van der Waals surface area contributed by atoms with Gasteiger partial charge in [-0.3, -0.25) is 9.89 Å². The van der Waals surface area contributed by atoms with E-state index in [9.17, 15) is 0 Å². The minimum absolute atomic E-state index is 0. The number of guanidine groups is 1. The summed E-state index contributed by atoms with van der Waals surface area (Å²) in [6, 6.07) is 6.78. The first-order valence-corrected chi connectivity index (χ1v) is 10.4. The normalized spacial score (nSPS) is 16.8. The number of piperidine rings is 1. The fourth-order valence-corrected chi connectivity index (χ4v) is 3.42. The number of ether oxygens (including phenoxy) is 2. The second kappa shape index (κ2) is 14.0. The molecule has 6 nitrogen and oxygen atoms in total. The predicted octanol–water partition coefficient (Wildman–Crippen LogP) is 3.42. The summed E-state index contributed by atoms with van der Waals surface area (Å²) >= 11 is 0. The average molecular weight is 518 g/mol. The molecule has 0 amide bonds. The van der Waals surface area contributed by atoms with E-state index in [0.29, 0.717) is 25.8 Å². The first kappa shape index (κ1) is 26.0. The van der Waals surface area contributed by atoms with Gasteiger partial charge in [0.1, 0.15) is 12.4 Å². The Morgan fingerprint density at radius 3 is 2.62 bits per heavy atom. The van der Waals surface area contributed by atoms with Crippen LogP contribution in [0.5, 0.6) is 5.75 Å². The Morgan fingerprint density at radius 2 is 1.97 bits per heavy atom. The van der Waals surface area contributed by atoms with Crippen molar-refractivity contribution in [2.24, 2.45) is 10.9 Å². The minimum atomic E-state index is 0. The number of halogens is 1. The molecule has 29 heavy (non-hydrogen) atoms. The monoisotopic (exact) mass is 518 g/mol. The van der Waals surface area contributed by atoms with Gasteiger partial charge in [0.2, 0.25) is 0 Å². The second-order valence-electron chi connectivity index (χ2n) is 7.83. The number of benzene rings is 1. The van der Waals surface area contributed by atoms with Gasteiger partial charge in [0.05, 0.1) is 6.61 Å². The van der Waals surface area contributed by atoms with E-state index >= 15 is 0 Å². The van der Waals surface area contributed by atoms with Crippen LogP contribution in [0.4, 0.5) is 0 Å². The van der Waals surface area contributed by atoms with E-state index in [1.54, 1.807) is 7.11 Å². The van der Waals surface area contributed by atoms with Gasteiger partial charge in [0.15, 0.2) is 5.96 Å². The van der Waals surface area contributed by atoms with Gasteiger partial charge in [0, 0.05) is 38.9 Å². The molecular formula is C22H39IN4O2. The molecule has 166 valence electrons. The maximum absolute atomic E-state index is 5.88. The van der Waals surface area contributed by atoms with Crippen molar-refractivity contribution in [3.05, 3.63) is 29.3 Å². The number of rotatable bonds is 9. The Balaban J connectivity index is 0.00000420. The summed E-state index contributed by atoms with van der Waals surface area (Å²) in [6.45, 7) is 11.8. The van der Waals surface area contributed by atoms with Crippen molar-refractivity contribution in [2.45, 2.75) is 46.2 Å². The molecule has 7 heteroatoms. The lowest BCUT2D eigenvalue weighted by molar-refractivity contribution is 0.145. The molecule has 0 aliphatic carbocycles. The number of methoxy groups -OCH3 is 1. The SMILES string of the molecule is CN=C(NCc1ccc(C)cc1OCCOC)NCC(C)N1CCC(C)CC1.I. The molecule has 1 unspecified atom stereocenters. The molecule has 2 rings (SSSR count). The molecule has 2 N–H and O–H groups in total. The summed E-state index contributed by atoms with van der Waals surface area (Å²) in [7, 11) is 3.50. The van der Waals surface area contributed by atoms with Crippen LogP contribution >= 0.6 is 24.0 Å². The Morgan fingerprint density at radius 1 is 1.24 bits per heavy atom. The number of aryl methyl sites for hydroxylation is 1. The largest absolute Gasteiger partial charge is 0.491 e. The Kier molecular flexibility index (Phi) is 12.6. The predicted molar refractivity (Wildman–Crippen MR) is 132 cm³/mol. The van der Waals surface area contributed by atoms with Crippen LogP contribution in [0.3, 0.4) is 0 Å². The van der Waals surface area contributed by atoms with Crippen LogP contribution < -0.4 is 15.4 Å². The summed E-state index contributed by atoms with van der Waals surface area (Å²) in [5.74, 6) is 2.58. The number of nitrogens with one attached hydrogen (secondary N) is 2. The van der Waals surface area contributed by atoms with Gasteiger partial charge < -0.3 is 20.1 Å². The highest BCUT2D eigenvalue weighted by molar-refractivity contribution is 14.0. The lowest BCUT2D eigenvalue weighted by Crippen LogP contribution is -2.48. The molecule has 0 spiro atoms. The first-order chi connectivity index (χ1) is 13.5. The van der Waals surface area contributed by atoms with Gasteiger partial charge in [-0.05, 0) is 57.3 Å². The van der Waals surface area contributed by atoms with E-state index in [1.807, 2.05) is 7.05 Å². The van der Waals surface area contributed by atoms with E-state index in [2.05, 4.69) is 59.5 Å². The van der Waals surface area contributed by atoms with Gasteiger partial charge in [0.25, 0.3) is 0 Å². The molecule has 1 aliphatic rings. The van der Waals surface area contributed by atoms with Crippen molar-refractivity contribution in [3.63, 3.8) is 0 Å². The summed E-state index contributed by atoms with van der Waals surface area (Å²) < 4.78 is 11.0. The van der Waals surface area contributed by atoms with E-state index in [-0.39, 0.29) is 24.0 Å². The molecule has 1 aromatic rings. The fourth-order valence-electron chi connectivity index (χ4n) is 3.42. The number of nitrogens with zero attached hydrogens (tertiary/aromatic N) is 2. The van der Waals surface area contributed by atoms with Crippen LogP contribution in [-0.2, 0) is 11.3 Å². The molecule has 1 aliphatic heterocycles. The Bertz CT molecular complexity index is 619. The molecular weight excluding hydrogens is 479 g/mol. The highest BCUT2D eigenvalue weighted by atomic mass is 127. The standard InChI is InChI=1S/C22H38N4O2.HI/c1-17-8-10-26(11-9-17)19(3)15-24-22(23-4)25-16-20-7-6-18(2)14-21(20)28-13-12-27-5;/h6-7,14,17,19H,8-13,15-16H2,1-5H3,(H2,23,24,25);1H. The van der Waals surface area contributed by atoms with E-state index in [1.165, 1.54) is 31.5 Å². The molecule has 1 fully saturated rings. The molecule has 1 aromatic carbocycles. The number of hydrogen-bond donors (Lipinski definition) is 2. The molecule has 0 bridgehead atoms. The third-order valence-corrected chi connectivity index (χ3v) is 5.44. The molecule has 1 saturated heterocycles. The summed E-state index contributed by atoms with van der Waals surface area (Å²) in [5, 5.41) is 6.88. The number of aliphatic imine (C=N–C) groups is 1. The average Bonchev–Trinajstić information content (AvgIpc) is 2.70. The van der Waals surface area contributed by atoms with Gasteiger partial charge >= 0.3 is 0 Å². The summed E-state index contributed by atoms with van der Waals surface area (Å²) in [4.78, 5) is 6.94. The van der Waals surface area contributed by atoms with Crippen molar-refractivity contribution < 1.29 is 9.47 Å². The van der Waals surface area contributed by atoms with Crippen molar-refractivity contribution in [1.29, 1.82) is 0 Å². The number of hydrogen-bond acceptors (Lipinski definition) is 4. The maximum atomic E-state index is 5.88. The van der Waals surface area contributed by atoms with Crippen LogP contribution in [0.2, 0.25) is 0 Å².